The molecule has 0 aromatic heterocycles. The second kappa shape index (κ2) is 7.57. The number of carbonyl (C=O) groups is 2. The van der Waals surface area contributed by atoms with E-state index in [0.717, 1.165) is 37.2 Å². The normalized spacial score (nSPS) is 25.6. The summed E-state index contributed by atoms with van der Waals surface area (Å²) >= 11 is 1.37. The third-order valence-corrected chi connectivity index (χ3v) is 5.98. The molecule has 5 nitrogen and oxygen atoms in total. The number of carbonyl (C=O) groups excluding carboxylic acids is 2. The third-order valence-electron chi connectivity index (χ3n) is 5.06. The molecular weight excluding hydrogens is 322 g/mol. The lowest BCUT2D eigenvalue weighted by atomic mass is 9.98. The Hall–Kier alpha value is -1.53. The summed E-state index contributed by atoms with van der Waals surface area (Å²) in [5, 5.41) is 2.85. The Balaban J connectivity index is 1.38. The van der Waals surface area contributed by atoms with Crippen molar-refractivity contribution in [2.45, 2.75) is 25.8 Å². The zero-order valence-corrected chi connectivity index (χ0v) is 14.8. The van der Waals surface area contributed by atoms with Gasteiger partial charge in [-0.3, -0.25) is 9.59 Å². The van der Waals surface area contributed by atoms with Gasteiger partial charge in [-0.1, -0.05) is 17.7 Å². The molecule has 0 bridgehead atoms. The van der Waals surface area contributed by atoms with E-state index in [2.05, 4.69) is 5.32 Å². The van der Waals surface area contributed by atoms with Gasteiger partial charge in [0.1, 0.15) is 0 Å². The van der Waals surface area contributed by atoms with E-state index in [1.54, 1.807) is 0 Å². The first kappa shape index (κ1) is 17.3. The minimum absolute atomic E-state index is 0.0723. The average Bonchev–Trinajstić information content (AvgIpc) is 3.12. The van der Waals surface area contributed by atoms with Crippen molar-refractivity contribution >= 4 is 29.3 Å². The zero-order chi connectivity index (χ0) is 17.1. The van der Waals surface area contributed by atoms with Crippen LogP contribution >= 0.6 is 11.8 Å². The van der Waals surface area contributed by atoms with Gasteiger partial charge in [0.05, 0.1) is 11.5 Å². The van der Waals surface area contributed by atoms with Crippen LogP contribution in [0.4, 0.5) is 5.69 Å². The standard InChI is InChI=1S/C18H25N3O2S/c1-12-2-5-14(6-3-12)20-17(22)10-24-11-18(23)21-8-13-4-7-16(19)15(13)9-21/h2-3,5-6,13,15-16H,4,7-11,19H2,1H3,(H,20,22). The Labute approximate surface area is 147 Å². The minimum Gasteiger partial charge on any atom is -0.341 e. The van der Waals surface area contributed by atoms with Gasteiger partial charge in [0.25, 0.3) is 0 Å². The van der Waals surface area contributed by atoms with E-state index in [9.17, 15) is 9.59 Å². The smallest absolute Gasteiger partial charge is 0.234 e. The number of anilines is 1. The van der Waals surface area contributed by atoms with Gasteiger partial charge >= 0.3 is 0 Å². The summed E-state index contributed by atoms with van der Waals surface area (Å²) in [6, 6.07) is 7.94. The van der Waals surface area contributed by atoms with Crippen LogP contribution in [-0.4, -0.2) is 47.4 Å². The summed E-state index contributed by atoms with van der Waals surface area (Å²) in [6.07, 6.45) is 2.23. The summed E-state index contributed by atoms with van der Waals surface area (Å²) in [5.74, 6) is 1.76. The van der Waals surface area contributed by atoms with Crippen molar-refractivity contribution in [3.05, 3.63) is 29.8 Å². The first-order chi connectivity index (χ1) is 11.5. The van der Waals surface area contributed by atoms with Crippen LogP contribution in [-0.2, 0) is 9.59 Å². The van der Waals surface area contributed by atoms with E-state index in [1.807, 2.05) is 36.1 Å². The average molecular weight is 347 g/mol. The number of hydrogen-bond donors (Lipinski definition) is 2. The summed E-state index contributed by atoms with van der Waals surface area (Å²) in [6.45, 7) is 3.64. The highest BCUT2D eigenvalue weighted by Gasteiger charge is 2.42. The SMILES string of the molecule is Cc1ccc(NC(=O)CSCC(=O)N2CC3CCC(N)C3C2)cc1. The molecule has 1 aliphatic heterocycles. The van der Waals surface area contributed by atoms with Gasteiger partial charge in [0.2, 0.25) is 11.8 Å². The largest absolute Gasteiger partial charge is 0.341 e. The molecule has 2 amide bonds. The molecule has 3 rings (SSSR count). The summed E-state index contributed by atoms with van der Waals surface area (Å²) < 4.78 is 0. The molecule has 3 N–H and O–H groups in total. The Kier molecular flexibility index (Phi) is 5.46. The van der Waals surface area contributed by atoms with E-state index >= 15 is 0 Å². The van der Waals surface area contributed by atoms with Gasteiger partial charge in [-0.15, -0.1) is 11.8 Å². The highest BCUT2D eigenvalue weighted by molar-refractivity contribution is 8.00. The number of hydrogen-bond acceptors (Lipinski definition) is 4. The lowest BCUT2D eigenvalue weighted by molar-refractivity contribution is -0.127. The van der Waals surface area contributed by atoms with Crippen molar-refractivity contribution in [2.75, 3.05) is 29.9 Å². The van der Waals surface area contributed by atoms with Crippen molar-refractivity contribution in [1.82, 2.24) is 4.90 Å². The fourth-order valence-corrected chi connectivity index (χ4v) is 4.38. The number of nitrogens with zero attached hydrogens (tertiary/aromatic N) is 1. The summed E-state index contributed by atoms with van der Waals surface area (Å²) in [5.41, 5.74) is 8.05. The number of nitrogens with two attached hydrogens (primary N) is 1. The van der Waals surface area contributed by atoms with E-state index in [-0.39, 0.29) is 17.9 Å². The van der Waals surface area contributed by atoms with Crippen LogP contribution in [0.1, 0.15) is 18.4 Å². The van der Waals surface area contributed by atoms with Gasteiger partial charge < -0.3 is 16.0 Å². The molecule has 130 valence electrons. The van der Waals surface area contributed by atoms with Gasteiger partial charge in [-0.25, -0.2) is 0 Å². The number of aryl methyl sites for hydroxylation is 1. The second-order valence-electron chi connectivity index (χ2n) is 6.87. The Morgan fingerprint density at radius 1 is 1.21 bits per heavy atom. The molecule has 0 spiro atoms. The Morgan fingerprint density at radius 2 is 1.96 bits per heavy atom. The van der Waals surface area contributed by atoms with Gasteiger partial charge in [-0.2, -0.15) is 0 Å². The highest BCUT2D eigenvalue weighted by atomic mass is 32.2. The van der Waals surface area contributed by atoms with E-state index < -0.39 is 0 Å². The molecule has 1 heterocycles. The molecule has 1 saturated heterocycles. The number of nitrogens with one attached hydrogen (secondary N) is 1. The molecule has 2 aliphatic rings. The molecule has 1 saturated carbocycles. The fraction of sp³-hybridized carbons (Fsp3) is 0.556. The topological polar surface area (TPSA) is 75.4 Å². The van der Waals surface area contributed by atoms with Crippen LogP contribution in [0.15, 0.2) is 24.3 Å². The molecule has 6 heteroatoms. The fourth-order valence-electron chi connectivity index (χ4n) is 3.67. The number of likely N-dealkylation sites (tertiary alicyclic amines) is 1. The van der Waals surface area contributed by atoms with E-state index in [4.69, 9.17) is 5.73 Å². The molecule has 1 aromatic carbocycles. The maximum atomic E-state index is 12.3. The lowest BCUT2D eigenvalue weighted by Gasteiger charge is -2.18. The molecular formula is C18H25N3O2S. The predicted molar refractivity (Wildman–Crippen MR) is 97.9 cm³/mol. The van der Waals surface area contributed by atoms with Gasteiger partial charge in [0.15, 0.2) is 0 Å². The van der Waals surface area contributed by atoms with Crippen LogP contribution in [0.25, 0.3) is 0 Å². The molecule has 3 atom stereocenters. The second-order valence-corrected chi connectivity index (χ2v) is 7.86. The molecule has 1 aliphatic carbocycles. The van der Waals surface area contributed by atoms with Crippen molar-refractivity contribution < 1.29 is 9.59 Å². The zero-order valence-electron chi connectivity index (χ0n) is 14.0. The molecule has 2 fully saturated rings. The summed E-state index contributed by atoms with van der Waals surface area (Å²) in [7, 11) is 0. The monoisotopic (exact) mass is 347 g/mol. The van der Waals surface area contributed by atoms with Gasteiger partial charge in [-0.05, 0) is 43.7 Å². The third kappa shape index (κ3) is 4.11. The first-order valence-corrected chi connectivity index (χ1v) is 9.66. The lowest BCUT2D eigenvalue weighted by Crippen LogP contribution is -2.34. The first-order valence-electron chi connectivity index (χ1n) is 8.50. The van der Waals surface area contributed by atoms with Crippen molar-refractivity contribution in [3.63, 3.8) is 0 Å². The van der Waals surface area contributed by atoms with Crippen molar-refractivity contribution in [1.29, 1.82) is 0 Å². The summed E-state index contributed by atoms with van der Waals surface area (Å²) in [4.78, 5) is 26.2. The predicted octanol–water partition coefficient (Wildman–Crippen LogP) is 1.86. The van der Waals surface area contributed by atoms with E-state index in [1.165, 1.54) is 11.8 Å². The number of rotatable bonds is 5. The van der Waals surface area contributed by atoms with Gasteiger partial charge in [0, 0.05) is 24.8 Å². The van der Waals surface area contributed by atoms with Crippen LogP contribution < -0.4 is 11.1 Å². The Morgan fingerprint density at radius 3 is 2.67 bits per heavy atom. The molecule has 1 aromatic rings. The highest BCUT2D eigenvalue weighted by Crippen LogP contribution is 2.37. The number of thioether (sulfide) groups is 1. The molecule has 0 radical (unpaired) electrons. The van der Waals surface area contributed by atoms with Crippen molar-refractivity contribution in [3.8, 4) is 0 Å². The maximum Gasteiger partial charge on any atom is 0.234 e. The molecule has 24 heavy (non-hydrogen) atoms. The Bertz CT molecular complexity index is 605. The molecule has 3 unspecified atom stereocenters. The van der Waals surface area contributed by atoms with Crippen LogP contribution in [0.5, 0.6) is 0 Å². The minimum atomic E-state index is -0.0723. The maximum absolute atomic E-state index is 12.3. The number of amides is 2. The van der Waals surface area contributed by atoms with E-state index in [0.29, 0.717) is 23.3 Å². The van der Waals surface area contributed by atoms with Crippen LogP contribution in [0.2, 0.25) is 0 Å². The van der Waals surface area contributed by atoms with Crippen LogP contribution in [0, 0.1) is 18.8 Å². The number of fused-ring (bicyclic) bond motifs is 1. The van der Waals surface area contributed by atoms with Crippen LogP contribution in [0.3, 0.4) is 0 Å². The van der Waals surface area contributed by atoms with Crippen molar-refractivity contribution in [2.24, 2.45) is 17.6 Å². The number of benzene rings is 1. The quantitative estimate of drug-likeness (QED) is 0.852.